The van der Waals surface area contributed by atoms with Gasteiger partial charge in [-0.1, -0.05) is 0 Å². The summed E-state index contributed by atoms with van der Waals surface area (Å²) in [6.07, 6.45) is 2.01. The number of carbonyl (C=O) groups excluding carboxylic acids is 1. The molecule has 4 nitrogen and oxygen atoms in total. The van der Waals surface area contributed by atoms with Gasteiger partial charge in [0.05, 0.1) is 9.35 Å². The zero-order chi connectivity index (χ0) is 13.8. The Labute approximate surface area is 122 Å². The van der Waals surface area contributed by atoms with E-state index in [-0.39, 0.29) is 11.4 Å². The van der Waals surface area contributed by atoms with Gasteiger partial charge in [-0.15, -0.1) is 11.3 Å². The highest BCUT2D eigenvalue weighted by atomic mass is 79.9. The molecule has 0 fully saturated rings. The molecule has 0 aliphatic carbocycles. The van der Waals surface area contributed by atoms with Crippen molar-refractivity contribution in [2.75, 3.05) is 12.3 Å². The minimum atomic E-state index is -0.779. The average Bonchev–Trinajstić information content (AvgIpc) is 2.78. The Hall–Kier alpha value is -1.47. The molecule has 3 N–H and O–H groups in total. The molecule has 0 saturated heterocycles. The van der Waals surface area contributed by atoms with Gasteiger partial charge >= 0.3 is 0 Å². The lowest BCUT2D eigenvalue weighted by atomic mass is 10.2. The molecule has 0 unspecified atom stereocenters. The van der Waals surface area contributed by atoms with E-state index in [1.807, 2.05) is 12.1 Å². The highest BCUT2D eigenvalue weighted by Gasteiger charge is 2.13. The Morgan fingerprint density at radius 3 is 2.95 bits per heavy atom. The molecule has 2 rings (SSSR count). The number of thiophene rings is 1. The minimum Gasteiger partial charge on any atom is -0.381 e. The first-order chi connectivity index (χ1) is 9.08. The molecule has 0 atom stereocenters. The number of carbonyl (C=O) groups is 1. The molecular formula is C12H11BrFN3OS. The third kappa shape index (κ3) is 3.51. The highest BCUT2D eigenvalue weighted by Crippen LogP contribution is 2.22. The van der Waals surface area contributed by atoms with Gasteiger partial charge in [0.25, 0.3) is 5.91 Å². The minimum absolute atomic E-state index is 0.0835. The normalized spacial score (nSPS) is 10.4. The SMILES string of the molecule is Nc1nccc(C(=O)NCCc2ccc(Br)s2)c1F. The number of nitrogens with zero attached hydrogens (tertiary/aromatic N) is 1. The highest BCUT2D eigenvalue weighted by molar-refractivity contribution is 9.11. The van der Waals surface area contributed by atoms with Gasteiger partial charge in [0.1, 0.15) is 0 Å². The molecule has 100 valence electrons. The average molecular weight is 344 g/mol. The van der Waals surface area contributed by atoms with Gasteiger partial charge in [0, 0.05) is 17.6 Å². The Morgan fingerprint density at radius 1 is 1.47 bits per heavy atom. The van der Waals surface area contributed by atoms with Gasteiger partial charge in [-0.25, -0.2) is 9.37 Å². The molecule has 2 heterocycles. The summed E-state index contributed by atoms with van der Waals surface area (Å²) in [5.41, 5.74) is 5.23. The van der Waals surface area contributed by atoms with E-state index in [9.17, 15) is 9.18 Å². The maximum Gasteiger partial charge on any atom is 0.254 e. The van der Waals surface area contributed by atoms with Crippen LogP contribution in [0.1, 0.15) is 15.2 Å². The number of pyridine rings is 1. The van der Waals surface area contributed by atoms with Crippen LogP contribution < -0.4 is 11.1 Å². The van der Waals surface area contributed by atoms with E-state index >= 15 is 0 Å². The quantitative estimate of drug-likeness (QED) is 0.896. The summed E-state index contributed by atoms with van der Waals surface area (Å²) in [5.74, 6) is -1.53. The molecule has 2 aromatic heterocycles. The Morgan fingerprint density at radius 2 is 2.26 bits per heavy atom. The van der Waals surface area contributed by atoms with Crippen molar-refractivity contribution < 1.29 is 9.18 Å². The smallest absolute Gasteiger partial charge is 0.254 e. The van der Waals surface area contributed by atoms with Crippen LogP contribution in [0, 0.1) is 5.82 Å². The van der Waals surface area contributed by atoms with Crippen molar-refractivity contribution in [3.63, 3.8) is 0 Å². The molecule has 0 spiro atoms. The van der Waals surface area contributed by atoms with Crippen molar-refractivity contribution in [1.82, 2.24) is 10.3 Å². The predicted molar refractivity (Wildman–Crippen MR) is 76.7 cm³/mol. The van der Waals surface area contributed by atoms with Gasteiger partial charge in [-0.2, -0.15) is 0 Å². The maximum atomic E-state index is 13.6. The van der Waals surface area contributed by atoms with E-state index in [0.29, 0.717) is 13.0 Å². The molecule has 1 amide bonds. The fourth-order valence-corrected chi connectivity index (χ4v) is 3.00. The van der Waals surface area contributed by atoms with Crippen LogP contribution in [0.3, 0.4) is 0 Å². The second-order valence-corrected chi connectivity index (χ2v) is 6.32. The lowest BCUT2D eigenvalue weighted by Crippen LogP contribution is -2.26. The monoisotopic (exact) mass is 343 g/mol. The van der Waals surface area contributed by atoms with Crippen LogP contribution in [0.25, 0.3) is 0 Å². The third-order valence-electron chi connectivity index (χ3n) is 2.45. The lowest BCUT2D eigenvalue weighted by Gasteiger charge is -2.06. The summed E-state index contributed by atoms with van der Waals surface area (Å²) < 4.78 is 14.6. The molecule has 0 aromatic carbocycles. The van der Waals surface area contributed by atoms with Crippen LogP contribution >= 0.6 is 27.3 Å². The van der Waals surface area contributed by atoms with E-state index in [4.69, 9.17) is 5.73 Å². The number of aromatic nitrogens is 1. The number of rotatable bonds is 4. The number of nitrogens with one attached hydrogen (secondary N) is 1. The molecule has 19 heavy (non-hydrogen) atoms. The van der Waals surface area contributed by atoms with Crippen molar-refractivity contribution in [3.05, 3.63) is 44.4 Å². The van der Waals surface area contributed by atoms with Gasteiger partial charge in [0.15, 0.2) is 11.6 Å². The predicted octanol–water partition coefficient (Wildman–Crippen LogP) is 2.60. The molecule has 7 heteroatoms. The number of amides is 1. The van der Waals surface area contributed by atoms with Crippen molar-refractivity contribution >= 4 is 39.0 Å². The van der Waals surface area contributed by atoms with Gasteiger partial charge in [-0.05, 0) is 40.5 Å². The van der Waals surface area contributed by atoms with Crippen LogP contribution in [0.15, 0.2) is 28.2 Å². The van der Waals surface area contributed by atoms with E-state index < -0.39 is 11.7 Å². The topological polar surface area (TPSA) is 68.0 Å². The van der Waals surface area contributed by atoms with Gasteiger partial charge in [-0.3, -0.25) is 4.79 Å². The Bertz CT molecular complexity index is 602. The van der Waals surface area contributed by atoms with E-state index in [1.54, 1.807) is 11.3 Å². The summed E-state index contributed by atoms with van der Waals surface area (Å²) in [5, 5.41) is 2.65. The van der Waals surface area contributed by atoms with E-state index in [0.717, 1.165) is 8.66 Å². The van der Waals surface area contributed by atoms with Crippen LogP contribution in [0.4, 0.5) is 10.2 Å². The van der Waals surface area contributed by atoms with Crippen LogP contribution in [-0.4, -0.2) is 17.4 Å². The Kier molecular flexibility index (Phi) is 4.49. The van der Waals surface area contributed by atoms with Crippen LogP contribution in [0.5, 0.6) is 0 Å². The van der Waals surface area contributed by atoms with Gasteiger partial charge < -0.3 is 11.1 Å². The first-order valence-electron chi connectivity index (χ1n) is 5.50. The van der Waals surface area contributed by atoms with Crippen LogP contribution in [-0.2, 0) is 6.42 Å². The zero-order valence-electron chi connectivity index (χ0n) is 9.82. The molecule has 0 radical (unpaired) electrons. The zero-order valence-corrected chi connectivity index (χ0v) is 12.2. The number of anilines is 1. The van der Waals surface area contributed by atoms with Crippen molar-refractivity contribution in [3.8, 4) is 0 Å². The second-order valence-electron chi connectivity index (χ2n) is 3.77. The van der Waals surface area contributed by atoms with E-state index in [2.05, 4.69) is 26.2 Å². The summed E-state index contributed by atoms with van der Waals surface area (Å²) >= 11 is 4.97. The van der Waals surface area contributed by atoms with Crippen molar-refractivity contribution in [1.29, 1.82) is 0 Å². The molecule has 0 bridgehead atoms. The molecular weight excluding hydrogens is 333 g/mol. The standard InChI is InChI=1S/C12H11BrFN3OS/c13-9-2-1-7(19-9)3-5-17-12(18)8-4-6-16-11(15)10(8)14/h1-2,4,6H,3,5H2,(H2,15,16)(H,17,18). The summed E-state index contributed by atoms with van der Waals surface area (Å²) in [7, 11) is 0. The summed E-state index contributed by atoms with van der Waals surface area (Å²) in [6, 6.07) is 5.24. The van der Waals surface area contributed by atoms with Crippen LogP contribution in [0.2, 0.25) is 0 Å². The first kappa shape index (κ1) is 14.0. The molecule has 2 aromatic rings. The largest absolute Gasteiger partial charge is 0.381 e. The van der Waals surface area contributed by atoms with Gasteiger partial charge in [0.2, 0.25) is 0 Å². The fraction of sp³-hybridized carbons (Fsp3) is 0.167. The van der Waals surface area contributed by atoms with E-state index in [1.165, 1.54) is 12.3 Å². The second kappa shape index (κ2) is 6.12. The summed E-state index contributed by atoms with van der Waals surface area (Å²) in [6.45, 7) is 0.438. The number of hydrogen-bond donors (Lipinski definition) is 2. The maximum absolute atomic E-state index is 13.6. The van der Waals surface area contributed by atoms with Crippen molar-refractivity contribution in [2.45, 2.75) is 6.42 Å². The number of halogens is 2. The number of nitrogen functional groups attached to an aromatic ring is 1. The molecule has 0 saturated carbocycles. The lowest BCUT2D eigenvalue weighted by molar-refractivity contribution is 0.0950. The number of hydrogen-bond acceptors (Lipinski definition) is 4. The number of nitrogens with two attached hydrogens (primary N) is 1. The Balaban J connectivity index is 1.93. The first-order valence-corrected chi connectivity index (χ1v) is 7.11. The van der Waals surface area contributed by atoms with Crippen molar-refractivity contribution in [2.24, 2.45) is 0 Å². The molecule has 0 aliphatic rings. The summed E-state index contributed by atoms with van der Waals surface area (Å²) in [4.78, 5) is 16.5. The molecule has 0 aliphatic heterocycles. The third-order valence-corrected chi connectivity index (χ3v) is 4.13. The fourth-order valence-electron chi connectivity index (χ4n) is 1.52.